The zero-order chi connectivity index (χ0) is 13.1. The van der Waals surface area contributed by atoms with Crippen LogP contribution in [0.25, 0.3) is 0 Å². The normalized spacial score (nSPS) is 17.2. The predicted octanol–water partition coefficient (Wildman–Crippen LogP) is 0.598. The van der Waals surface area contributed by atoms with E-state index in [-0.39, 0.29) is 0 Å². The third-order valence-electron chi connectivity index (χ3n) is 3.36. The summed E-state index contributed by atoms with van der Waals surface area (Å²) in [6.45, 7) is 8.37. The molecular weight excluding hydrogens is 230 g/mol. The van der Waals surface area contributed by atoms with Crippen molar-refractivity contribution in [3.8, 4) is 5.88 Å². The zero-order valence-corrected chi connectivity index (χ0v) is 11.3. The second-order valence-corrected chi connectivity index (χ2v) is 4.74. The first-order chi connectivity index (χ1) is 8.63. The van der Waals surface area contributed by atoms with E-state index in [4.69, 9.17) is 10.5 Å². The van der Waals surface area contributed by atoms with E-state index in [0.717, 1.165) is 32.0 Å². The van der Waals surface area contributed by atoms with Crippen LogP contribution in [-0.4, -0.2) is 54.2 Å². The highest BCUT2D eigenvalue weighted by Gasteiger charge is 2.22. The fraction of sp³-hybridized carbons (Fsp3) is 0.667. The fourth-order valence-electron chi connectivity index (χ4n) is 2.24. The van der Waals surface area contributed by atoms with Crippen LogP contribution >= 0.6 is 0 Å². The van der Waals surface area contributed by atoms with Gasteiger partial charge in [-0.2, -0.15) is 4.98 Å². The van der Waals surface area contributed by atoms with Crippen LogP contribution < -0.4 is 15.4 Å². The lowest BCUT2D eigenvalue weighted by Crippen LogP contribution is -2.49. The van der Waals surface area contributed by atoms with Crippen molar-refractivity contribution in [3.63, 3.8) is 0 Å². The number of ether oxygens (including phenoxy) is 1. The first-order valence-corrected chi connectivity index (χ1v) is 6.27. The summed E-state index contributed by atoms with van der Waals surface area (Å²) in [7, 11) is 1.57. The molecule has 1 aliphatic rings. The largest absolute Gasteiger partial charge is 0.479 e. The molecule has 0 radical (unpaired) electrons. The second-order valence-electron chi connectivity index (χ2n) is 4.74. The molecular formula is C12H21N5O. The number of nitrogens with zero attached hydrogens (tertiary/aromatic N) is 4. The summed E-state index contributed by atoms with van der Waals surface area (Å²) in [6.07, 6.45) is 1.50. The summed E-state index contributed by atoms with van der Waals surface area (Å²) >= 11 is 0. The molecule has 18 heavy (non-hydrogen) atoms. The van der Waals surface area contributed by atoms with E-state index in [2.05, 4.69) is 33.6 Å². The van der Waals surface area contributed by atoms with Gasteiger partial charge in [-0.15, -0.1) is 0 Å². The van der Waals surface area contributed by atoms with Crippen LogP contribution in [0, 0.1) is 0 Å². The Labute approximate surface area is 108 Å². The molecule has 6 nitrogen and oxygen atoms in total. The molecule has 0 aromatic carbocycles. The van der Waals surface area contributed by atoms with Gasteiger partial charge in [-0.05, 0) is 13.8 Å². The van der Waals surface area contributed by atoms with Gasteiger partial charge in [0.2, 0.25) is 5.88 Å². The number of nitrogen functional groups attached to an aromatic ring is 1. The monoisotopic (exact) mass is 251 g/mol. The quantitative estimate of drug-likeness (QED) is 0.848. The fourth-order valence-corrected chi connectivity index (χ4v) is 2.24. The van der Waals surface area contributed by atoms with E-state index in [0.29, 0.717) is 17.6 Å². The van der Waals surface area contributed by atoms with Crippen molar-refractivity contribution in [1.29, 1.82) is 0 Å². The first kappa shape index (κ1) is 12.9. The Bertz CT molecular complexity index is 401. The Hall–Kier alpha value is -1.56. The Morgan fingerprint density at radius 2 is 1.89 bits per heavy atom. The molecule has 1 aromatic rings. The average Bonchev–Trinajstić information content (AvgIpc) is 2.39. The minimum Gasteiger partial charge on any atom is -0.479 e. The van der Waals surface area contributed by atoms with Crippen molar-refractivity contribution in [1.82, 2.24) is 14.9 Å². The summed E-state index contributed by atoms with van der Waals surface area (Å²) in [4.78, 5) is 12.9. The van der Waals surface area contributed by atoms with E-state index in [1.807, 2.05) is 0 Å². The van der Waals surface area contributed by atoms with Gasteiger partial charge in [0.1, 0.15) is 12.0 Å². The highest BCUT2D eigenvalue weighted by molar-refractivity contribution is 5.67. The molecule has 0 bridgehead atoms. The van der Waals surface area contributed by atoms with Crippen molar-refractivity contribution >= 4 is 11.5 Å². The predicted molar refractivity (Wildman–Crippen MR) is 71.9 cm³/mol. The van der Waals surface area contributed by atoms with Crippen molar-refractivity contribution in [2.24, 2.45) is 0 Å². The number of aromatic nitrogens is 2. The molecule has 0 aliphatic carbocycles. The highest BCUT2D eigenvalue weighted by atomic mass is 16.5. The van der Waals surface area contributed by atoms with Crippen LogP contribution in [-0.2, 0) is 0 Å². The molecule has 1 fully saturated rings. The van der Waals surface area contributed by atoms with Gasteiger partial charge in [-0.25, -0.2) is 4.98 Å². The third kappa shape index (κ3) is 2.48. The van der Waals surface area contributed by atoms with Crippen LogP contribution in [0.2, 0.25) is 0 Å². The number of hydrogen-bond acceptors (Lipinski definition) is 6. The number of piperazine rings is 1. The maximum absolute atomic E-state index is 6.01. The number of nitrogens with two attached hydrogens (primary N) is 1. The van der Waals surface area contributed by atoms with E-state index < -0.39 is 0 Å². The molecule has 0 amide bonds. The summed E-state index contributed by atoms with van der Waals surface area (Å²) in [5.41, 5.74) is 6.54. The Morgan fingerprint density at radius 1 is 1.22 bits per heavy atom. The molecule has 0 saturated carbocycles. The third-order valence-corrected chi connectivity index (χ3v) is 3.36. The van der Waals surface area contributed by atoms with E-state index in [1.165, 1.54) is 6.33 Å². The minimum atomic E-state index is 0.450. The molecule has 1 aromatic heterocycles. The first-order valence-electron chi connectivity index (χ1n) is 6.27. The lowest BCUT2D eigenvalue weighted by molar-refractivity contribution is 0.209. The highest BCUT2D eigenvalue weighted by Crippen LogP contribution is 2.28. The van der Waals surface area contributed by atoms with Crippen LogP contribution in [0.1, 0.15) is 13.8 Å². The van der Waals surface area contributed by atoms with Gasteiger partial charge in [0.15, 0.2) is 5.82 Å². The number of methoxy groups -OCH3 is 1. The van der Waals surface area contributed by atoms with Gasteiger partial charge in [0.05, 0.1) is 7.11 Å². The van der Waals surface area contributed by atoms with Crippen molar-refractivity contribution in [2.75, 3.05) is 43.9 Å². The molecule has 100 valence electrons. The lowest BCUT2D eigenvalue weighted by atomic mass is 10.2. The summed E-state index contributed by atoms with van der Waals surface area (Å²) in [5.74, 6) is 1.23. The number of hydrogen-bond donors (Lipinski definition) is 1. The lowest BCUT2D eigenvalue weighted by Gasteiger charge is -2.37. The molecule has 6 heteroatoms. The van der Waals surface area contributed by atoms with Crippen molar-refractivity contribution in [3.05, 3.63) is 6.33 Å². The van der Waals surface area contributed by atoms with Crippen molar-refractivity contribution < 1.29 is 4.74 Å². The van der Waals surface area contributed by atoms with Crippen LogP contribution in [0.4, 0.5) is 11.5 Å². The SMILES string of the molecule is COc1ncnc(N2CCN(C(C)C)CC2)c1N. The molecule has 1 aliphatic heterocycles. The molecule has 2 heterocycles. The smallest absolute Gasteiger partial charge is 0.242 e. The van der Waals surface area contributed by atoms with Gasteiger partial charge < -0.3 is 15.4 Å². The molecule has 0 spiro atoms. The van der Waals surface area contributed by atoms with Crippen molar-refractivity contribution in [2.45, 2.75) is 19.9 Å². The van der Waals surface area contributed by atoms with Crippen LogP contribution in [0.5, 0.6) is 5.88 Å². The Balaban J connectivity index is 2.10. The van der Waals surface area contributed by atoms with Gasteiger partial charge in [-0.3, -0.25) is 4.90 Å². The van der Waals surface area contributed by atoms with Gasteiger partial charge in [-0.1, -0.05) is 0 Å². The Kier molecular flexibility index (Phi) is 3.86. The second kappa shape index (κ2) is 5.39. The van der Waals surface area contributed by atoms with E-state index in [1.54, 1.807) is 7.11 Å². The maximum Gasteiger partial charge on any atom is 0.242 e. The zero-order valence-electron chi connectivity index (χ0n) is 11.3. The summed E-state index contributed by atoms with van der Waals surface area (Å²) in [6, 6.07) is 0.587. The number of anilines is 2. The van der Waals surface area contributed by atoms with Crippen LogP contribution in [0.3, 0.4) is 0 Å². The van der Waals surface area contributed by atoms with E-state index in [9.17, 15) is 0 Å². The van der Waals surface area contributed by atoms with Crippen LogP contribution in [0.15, 0.2) is 6.33 Å². The molecule has 2 N–H and O–H groups in total. The van der Waals surface area contributed by atoms with Gasteiger partial charge >= 0.3 is 0 Å². The maximum atomic E-state index is 6.01. The minimum absolute atomic E-state index is 0.450. The standard InChI is InChI=1S/C12H21N5O/c1-9(2)16-4-6-17(7-5-16)11-10(13)12(18-3)15-8-14-11/h8-9H,4-7,13H2,1-3H3. The van der Waals surface area contributed by atoms with Gasteiger partial charge in [0.25, 0.3) is 0 Å². The summed E-state index contributed by atoms with van der Waals surface area (Å²) < 4.78 is 5.12. The van der Waals surface area contributed by atoms with E-state index >= 15 is 0 Å². The average molecular weight is 251 g/mol. The Morgan fingerprint density at radius 3 is 2.44 bits per heavy atom. The molecule has 1 saturated heterocycles. The summed E-state index contributed by atoms with van der Waals surface area (Å²) in [5, 5.41) is 0. The topological polar surface area (TPSA) is 67.5 Å². The molecule has 0 unspecified atom stereocenters. The number of rotatable bonds is 3. The van der Waals surface area contributed by atoms with Gasteiger partial charge in [0, 0.05) is 32.2 Å². The molecule has 2 rings (SSSR count). The molecule has 0 atom stereocenters.